The standard InChI is InChI=1S/C13H18ClN3O/c1-8-4-5-17(10(8)7-18)12-6-11(14)15-13(16-12)9-2-3-9/h6,8-10,18H,2-5,7H2,1H3. The minimum atomic E-state index is 0.156. The minimum Gasteiger partial charge on any atom is -0.394 e. The van der Waals surface area contributed by atoms with Crippen LogP contribution in [0.4, 0.5) is 5.82 Å². The summed E-state index contributed by atoms with van der Waals surface area (Å²) in [6.45, 7) is 3.27. The van der Waals surface area contributed by atoms with Crippen LogP contribution in [0.25, 0.3) is 0 Å². The number of nitrogens with zero attached hydrogens (tertiary/aromatic N) is 3. The Kier molecular flexibility index (Phi) is 3.16. The van der Waals surface area contributed by atoms with E-state index < -0.39 is 0 Å². The molecule has 98 valence electrons. The van der Waals surface area contributed by atoms with E-state index in [9.17, 15) is 5.11 Å². The highest BCUT2D eigenvalue weighted by Crippen LogP contribution is 2.39. The van der Waals surface area contributed by atoms with Crippen molar-refractivity contribution in [1.82, 2.24) is 9.97 Å². The third kappa shape index (κ3) is 2.19. The summed E-state index contributed by atoms with van der Waals surface area (Å²) in [7, 11) is 0. The van der Waals surface area contributed by atoms with Gasteiger partial charge >= 0.3 is 0 Å². The number of halogens is 1. The van der Waals surface area contributed by atoms with Crippen molar-refractivity contribution in [2.24, 2.45) is 5.92 Å². The largest absolute Gasteiger partial charge is 0.394 e. The van der Waals surface area contributed by atoms with Crippen LogP contribution >= 0.6 is 11.6 Å². The van der Waals surface area contributed by atoms with Crippen LogP contribution in [0, 0.1) is 5.92 Å². The molecule has 0 amide bonds. The molecule has 4 nitrogen and oxygen atoms in total. The van der Waals surface area contributed by atoms with E-state index in [1.165, 1.54) is 12.8 Å². The fourth-order valence-electron chi connectivity index (χ4n) is 2.67. The predicted molar refractivity (Wildman–Crippen MR) is 71.0 cm³/mol. The fraction of sp³-hybridized carbons (Fsp3) is 0.692. The van der Waals surface area contributed by atoms with Crippen molar-refractivity contribution in [2.45, 2.75) is 38.1 Å². The first-order valence-corrected chi connectivity index (χ1v) is 6.99. The summed E-state index contributed by atoms with van der Waals surface area (Å²) in [4.78, 5) is 11.1. The van der Waals surface area contributed by atoms with Gasteiger partial charge in [-0.2, -0.15) is 0 Å². The van der Waals surface area contributed by atoms with E-state index in [2.05, 4.69) is 21.8 Å². The van der Waals surface area contributed by atoms with Gasteiger partial charge in [-0.05, 0) is 25.2 Å². The molecule has 5 heteroatoms. The van der Waals surface area contributed by atoms with Crippen molar-refractivity contribution < 1.29 is 5.11 Å². The summed E-state index contributed by atoms with van der Waals surface area (Å²) in [5.41, 5.74) is 0. The van der Waals surface area contributed by atoms with Crippen molar-refractivity contribution in [2.75, 3.05) is 18.1 Å². The van der Waals surface area contributed by atoms with Crippen LogP contribution in [0.3, 0.4) is 0 Å². The molecule has 18 heavy (non-hydrogen) atoms. The van der Waals surface area contributed by atoms with E-state index in [0.29, 0.717) is 17.0 Å². The van der Waals surface area contributed by atoms with Gasteiger partial charge in [0.2, 0.25) is 0 Å². The molecule has 2 heterocycles. The van der Waals surface area contributed by atoms with E-state index in [-0.39, 0.29) is 12.6 Å². The first kappa shape index (κ1) is 12.2. The van der Waals surface area contributed by atoms with Crippen molar-refractivity contribution in [1.29, 1.82) is 0 Å². The summed E-state index contributed by atoms with van der Waals surface area (Å²) < 4.78 is 0. The van der Waals surface area contributed by atoms with Gasteiger partial charge in [0.05, 0.1) is 12.6 Å². The van der Waals surface area contributed by atoms with Gasteiger partial charge in [-0.3, -0.25) is 0 Å². The molecular formula is C13H18ClN3O. The van der Waals surface area contributed by atoms with Crippen LogP contribution in [-0.2, 0) is 0 Å². The summed E-state index contributed by atoms with van der Waals surface area (Å²) in [6.07, 6.45) is 3.42. The Morgan fingerprint density at radius 3 is 2.83 bits per heavy atom. The Labute approximate surface area is 112 Å². The molecule has 0 radical (unpaired) electrons. The van der Waals surface area contributed by atoms with Gasteiger partial charge in [0.15, 0.2) is 0 Å². The Bertz CT molecular complexity index is 450. The molecule has 2 atom stereocenters. The quantitative estimate of drug-likeness (QED) is 0.853. The zero-order valence-electron chi connectivity index (χ0n) is 10.5. The molecular weight excluding hydrogens is 250 g/mol. The number of rotatable bonds is 3. The molecule has 0 aromatic carbocycles. The fourth-order valence-corrected chi connectivity index (χ4v) is 2.85. The topological polar surface area (TPSA) is 49.2 Å². The average molecular weight is 268 g/mol. The van der Waals surface area contributed by atoms with Gasteiger partial charge < -0.3 is 10.0 Å². The van der Waals surface area contributed by atoms with Crippen LogP contribution in [-0.4, -0.2) is 34.3 Å². The van der Waals surface area contributed by atoms with Crippen LogP contribution in [0.15, 0.2) is 6.07 Å². The van der Waals surface area contributed by atoms with E-state index in [0.717, 1.165) is 24.6 Å². The van der Waals surface area contributed by atoms with Crippen LogP contribution in [0.1, 0.15) is 37.9 Å². The second-order valence-corrected chi connectivity index (χ2v) is 5.78. The Hall–Kier alpha value is -0.870. The third-order valence-corrected chi connectivity index (χ3v) is 4.20. The van der Waals surface area contributed by atoms with Crippen LogP contribution in [0.5, 0.6) is 0 Å². The zero-order chi connectivity index (χ0) is 12.7. The average Bonchev–Trinajstić information content (AvgIpc) is 3.12. The highest BCUT2D eigenvalue weighted by atomic mass is 35.5. The van der Waals surface area contributed by atoms with Crippen molar-refractivity contribution in [3.63, 3.8) is 0 Å². The maximum absolute atomic E-state index is 9.51. The monoisotopic (exact) mass is 267 g/mol. The van der Waals surface area contributed by atoms with Gasteiger partial charge in [-0.1, -0.05) is 18.5 Å². The lowest BCUT2D eigenvalue weighted by molar-refractivity contribution is 0.244. The molecule has 2 unspecified atom stereocenters. The highest BCUT2D eigenvalue weighted by Gasteiger charge is 2.33. The van der Waals surface area contributed by atoms with E-state index >= 15 is 0 Å². The molecule has 1 saturated heterocycles. The first-order valence-electron chi connectivity index (χ1n) is 6.61. The van der Waals surface area contributed by atoms with E-state index in [1.807, 2.05) is 6.07 Å². The van der Waals surface area contributed by atoms with Gasteiger partial charge in [-0.15, -0.1) is 0 Å². The van der Waals surface area contributed by atoms with Crippen molar-refractivity contribution in [3.05, 3.63) is 17.0 Å². The number of aliphatic hydroxyl groups excluding tert-OH is 1. The second-order valence-electron chi connectivity index (χ2n) is 5.39. The number of hydrogen-bond acceptors (Lipinski definition) is 4. The zero-order valence-corrected chi connectivity index (χ0v) is 11.3. The number of hydrogen-bond donors (Lipinski definition) is 1. The number of aliphatic hydroxyl groups is 1. The Balaban J connectivity index is 1.91. The maximum atomic E-state index is 9.51. The van der Waals surface area contributed by atoms with Gasteiger partial charge in [0.1, 0.15) is 16.8 Å². The maximum Gasteiger partial charge on any atom is 0.135 e. The molecule has 3 rings (SSSR count). The lowest BCUT2D eigenvalue weighted by Gasteiger charge is -2.26. The smallest absolute Gasteiger partial charge is 0.135 e. The van der Waals surface area contributed by atoms with Gasteiger partial charge in [0, 0.05) is 18.5 Å². The summed E-state index contributed by atoms with van der Waals surface area (Å²) >= 11 is 6.09. The minimum absolute atomic E-state index is 0.156. The molecule has 1 aromatic heterocycles. The third-order valence-electron chi connectivity index (χ3n) is 4.01. The molecule has 0 spiro atoms. The molecule has 1 N–H and O–H groups in total. The molecule has 1 aliphatic carbocycles. The van der Waals surface area contributed by atoms with Gasteiger partial charge in [-0.25, -0.2) is 9.97 Å². The molecule has 2 fully saturated rings. The lowest BCUT2D eigenvalue weighted by atomic mass is 10.0. The SMILES string of the molecule is CC1CCN(c2cc(Cl)nc(C3CC3)n2)C1CO. The van der Waals surface area contributed by atoms with E-state index in [4.69, 9.17) is 11.6 Å². The van der Waals surface area contributed by atoms with Crippen LogP contribution in [0.2, 0.25) is 5.15 Å². The normalized spacial score (nSPS) is 27.8. The summed E-state index contributed by atoms with van der Waals surface area (Å²) in [5.74, 6) is 2.73. The highest BCUT2D eigenvalue weighted by molar-refractivity contribution is 6.29. The predicted octanol–water partition coefficient (Wildman–Crippen LogP) is 2.21. The number of anilines is 1. The molecule has 2 aliphatic rings. The van der Waals surface area contributed by atoms with Crippen molar-refractivity contribution >= 4 is 17.4 Å². The summed E-state index contributed by atoms with van der Waals surface area (Å²) in [6, 6.07) is 1.97. The first-order chi connectivity index (χ1) is 8.69. The lowest BCUT2D eigenvalue weighted by Crippen LogP contribution is -2.35. The Morgan fingerprint density at radius 1 is 1.39 bits per heavy atom. The van der Waals surface area contributed by atoms with Crippen molar-refractivity contribution in [3.8, 4) is 0 Å². The Morgan fingerprint density at radius 2 is 2.17 bits per heavy atom. The van der Waals surface area contributed by atoms with E-state index in [1.54, 1.807) is 0 Å². The summed E-state index contributed by atoms with van der Waals surface area (Å²) in [5, 5.41) is 10.0. The van der Waals surface area contributed by atoms with Crippen LogP contribution < -0.4 is 4.90 Å². The molecule has 0 bridgehead atoms. The second kappa shape index (κ2) is 4.67. The molecule has 1 aliphatic heterocycles. The molecule has 1 saturated carbocycles. The number of aromatic nitrogens is 2. The molecule has 1 aromatic rings. The van der Waals surface area contributed by atoms with Gasteiger partial charge in [0.25, 0.3) is 0 Å².